The fourth-order valence-electron chi connectivity index (χ4n) is 6.40. The normalized spacial score (nSPS) is 28.2. The minimum Gasteiger partial charge on any atom is -0.380 e. The number of hydrogen-bond acceptors (Lipinski definition) is 9. The summed E-state index contributed by atoms with van der Waals surface area (Å²) in [6, 6.07) is 38.0. The van der Waals surface area contributed by atoms with Crippen molar-refractivity contribution in [1.29, 1.82) is 0 Å². The molecule has 6 rings (SSSR count). The Morgan fingerprint density at radius 3 is 1.58 bits per heavy atom. The fraction of sp³-hybridized carbons (Fsp3) is 0.429. The van der Waals surface area contributed by atoms with Crippen LogP contribution in [0.4, 0.5) is 0 Å². The van der Waals surface area contributed by atoms with Crippen molar-refractivity contribution < 1.29 is 42.6 Å². The van der Waals surface area contributed by atoms with E-state index in [2.05, 4.69) is 13.8 Å². The summed E-state index contributed by atoms with van der Waals surface area (Å²) in [5.74, 6) is -0.982. The predicted molar refractivity (Wildman–Crippen MR) is 210 cm³/mol. The van der Waals surface area contributed by atoms with Crippen LogP contribution in [-0.2, 0) is 45.6 Å². The first kappa shape index (κ1) is 42.7. The van der Waals surface area contributed by atoms with E-state index in [0.29, 0.717) is 25.1 Å². The summed E-state index contributed by atoms with van der Waals surface area (Å²) in [4.78, 5) is 0. The maximum absolute atomic E-state index is 13.6. The van der Waals surface area contributed by atoms with Crippen LogP contribution in [0.1, 0.15) is 58.6 Å². The summed E-state index contributed by atoms with van der Waals surface area (Å²) in [6.45, 7) is 11.3. The van der Waals surface area contributed by atoms with Gasteiger partial charge in [0.1, 0.15) is 12.7 Å². The van der Waals surface area contributed by atoms with Gasteiger partial charge in [0, 0.05) is 17.1 Å². The number of aliphatic hydroxyl groups excluding tert-OH is 2. The van der Waals surface area contributed by atoms with E-state index in [0.717, 1.165) is 29.3 Å². The molecule has 2 N–H and O–H groups in total. The van der Waals surface area contributed by atoms with Crippen LogP contribution in [0.15, 0.2) is 121 Å². The molecule has 2 aliphatic heterocycles. The number of rotatable bonds is 12. The van der Waals surface area contributed by atoms with Gasteiger partial charge in [0.25, 0.3) is 7.37 Å². The molecular formula is C42H55O9P2+. The van der Waals surface area contributed by atoms with Gasteiger partial charge in [-0.3, -0.25) is 4.57 Å². The van der Waals surface area contributed by atoms with Gasteiger partial charge in [-0.1, -0.05) is 125 Å². The number of benzene rings is 4. The standard InChI is InChI=1S/C20H25O4P.C14H20O3.C8H10O2P/c1-3-18-15(2)19(23-14-16-10-6-4-7-11-16)20(21)25(22,24-18)17-12-8-5-9-13-17;1-3-12-10(2)13(14(15)17-12)16-9-11-7-5-4-6-8-11;1-2-10-11(9)8-6-4-3-5-7-8/h4-13,15,18-21H,3,14H2,1-2H3;4-8,10,12-15H,3,9H2,1-2H3;3-7H,2H2,1H3/q;;+1/t15-,18-,19+,20+,25+;10-,12-,13+,14?;/m11./s1. The van der Waals surface area contributed by atoms with Gasteiger partial charge in [0.05, 0.1) is 31.5 Å². The third kappa shape index (κ3) is 12.0. The third-order valence-corrected chi connectivity index (χ3v) is 13.2. The van der Waals surface area contributed by atoms with Gasteiger partial charge in [0.15, 0.2) is 12.1 Å². The van der Waals surface area contributed by atoms with Crippen LogP contribution < -0.4 is 10.6 Å². The Labute approximate surface area is 315 Å². The van der Waals surface area contributed by atoms with Crippen molar-refractivity contribution in [2.45, 2.75) is 97.2 Å². The maximum atomic E-state index is 13.6. The Kier molecular flexibility index (Phi) is 17.5. The summed E-state index contributed by atoms with van der Waals surface area (Å²) in [5, 5.41) is 22.0. The molecule has 2 saturated heterocycles. The lowest BCUT2D eigenvalue weighted by Gasteiger charge is -2.43. The van der Waals surface area contributed by atoms with Crippen molar-refractivity contribution in [3.05, 3.63) is 132 Å². The van der Waals surface area contributed by atoms with E-state index in [-0.39, 0.29) is 30.1 Å². The minimum absolute atomic E-state index is 0.0468. The van der Waals surface area contributed by atoms with E-state index in [1.807, 2.05) is 118 Å². The molecule has 2 fully saturated rings. The number of hydrogen-bond donors (Lipinski definition) is 2. The van der Waals surface area contributed by atoms with Gasteiger partial charge >= 0.3 is 8.03 Å². The molecular weight excluding hydrogens is 710 g/mol. The summed E-state index contributed by atoms with van der Waals surface area (Å²) >= 11 is 0. The van der Waals surface area contributed by atoms with Crippen molar-refractivity contribution in [3.8, 4) is 0 Å². The Morgan fingerprint density at radius 1 is 0.660 bits per heavy atom. The molecule has 0 bridgehead atoms. The number of ether oxygens (including phenoxy) is 3. The van der Waals surface area contributed by atoms with Crippen molar-refractivity contribution in [2.75, 3.05) is 6.61 Å². The highest BCUT2D eigenvalue weighted by Crippen LogP contribution is 2.58. The molecule has 286 valence electrons. The van der Waals surface area contributed by atoms with E-state index in [4.69, 9.17) is 23.3 Å². The van der Waals surface area contributed by atoms with E-state index in [1.165, 1.54) is 0 Å². The first-order valence-electron chi connectivity index (χ1n) is 18.4. The van der Waals surface area contributed by atoms with Gasteiger partial charge in [-0.25, -0.2) is 0 Å². The molecule has 0 radical (unpaired) electrons. The van der Waals surface area contributed by atoms with Gasteiger partial charge in [0.2, 0.25) is 5.30 Å². The second-order valence-corrected chi connectivity index (χ2v) is 16.9. The molecule has 4 aromatic carbocycles. The lowest BCUT2D eigenvalue weighted by Crippen LogP contribution is -2.48. The van der Waals surface area contributed by atoms with Gasteiger partial charge in [-0.05, 0) is 59.7 Å². The highest BCUT2D eigenvalue weighted by atomic mass is 31.2. The summed E-state index contributed by atoms with van der Waals surface area (Å²) in [7, 11) is -5.04. The monoisotopic (exact) mass is 765 g/mol. The quantitative estimate of drug-likeness (QED) is 0.137. The van der Waals surface area contributed by atoms with Crippen molar-refractivity contribution in [2.24, 2.45) is 11.8 Å². The van der Waals surface area contributed by atoms with Crippen LogP contribution in [-0.4, -0.2) is 53.4 Å². The topological polar surface area (TPSA) is 121 Å². The van der Waals surface area contributed by atoms with Gasteiger partial charge in [-0.2, -0.15) is 0 Å². The molecule has 0 amide bonds. The predicted octanol–water partition coefficient (Wildman–Crippen LogP) is 8.36. The molecule has 2 aliphatic rings. The molecule has 2 heterocycles. The lowest BCUT2D eigenvalue weighted by molar-refractivity contribution is -0.145. The van der Waals surface area contributed by atoms with E-state index in [1.54, 1.807) is 24.3 Å². The van der Waals surface area contributed by atoms with Crippen LogP contribution in [0.2, 0.25) is 0 Å². The zero-order valence-corrected chi connectivity index (χ0v) is 33.1. The fourth-order valence-corrected chi connectivity index (χ4v) is 9.82. The average molecular weight is 766 g/mol. The Hall–Kier alpha value is -3.07. The first-order valence-corrected chi connectivity index (χ1v) is 21.3. The molecule has 9 nitrogen and oxygen atoms in total. The molecule has 0 spiro atoms. The third-order valence-electron chi connectivity index (χ3n) is 9.44. The van der Waals surface area contributed by atoms with Gasteiger partial charge < -0.3 is 28.9 Å². The zero-order chi connectivity index (χ0) is 38.2. The molecule has 53 heavy (non-hydrogen) atoms. The molecule has 0 aliphatic carbocycles. The highest BCUT2D eigenvalue weighted by Gasteiger charge is 2.51. The van der Waals surface area contributed by atoms with E-state index >= 15 is 0 Å². The summed E-state index contributed by atoms with van der Waals surface area (Å²) < 4.78 is 52.9. The lowest BCUT2D eigenvalue weighted by atomic mass is 9.96. The molecule has 10 atom stereocenters. The largest absolute Gasteiger partial charge is 0.548 e. The second-order valence-electron chi connectivity index (χ2n) is 13.1. The highest BCUT2D eigenvalue weighted by molar-refractivity contribution is 7.67. The Morgan fingerprint density at radius 2 is 1.11 bits per heavy atom. The summed E-state index contributed by atoms with van der Waals surface area (Å²) in [6.07, 6.45) is -0.0379. The second kappa shape index (κ2) is 21.7. The molecule has 2 unspecified atom stereocenters. The number of aliphatic hydroxyl groups is 2. The smallest absolute Gasteiger partial charge is 0.380 e. The van der Waals surface area contributed by atoms with E-state index in [9.17, 15) is 19.3 Å². The molecule has 4 aromatic rings. The zero-order valence-electron chi connectivity index (χ0n) is 31.3. The maximum Gasteiger partial charge on any atom is 0.548 e. The Balaban J connectivity index is 0.000000193. The first-order chi connectivity index (χ1) is 25.6. The molecule has 11 heteroatoms. The van der Waals surface area contributed by atoms with Crippen LogP contribution in [0.5, 0.6) is 0 Å². The molecule has 0 aromatic heterocycles. The minimum atomic E-state index is -3.41. The average Bonchev–Trinajstić information content (AvgIpc) is 3.48. The van der Waals surface area contributed by atoms with Crippen molar-refractivity contribution in [1.82, 2.24) is 0 Å². The van der Waals surface area contributed by atoms with Crippen LogP contribution in [0.25, 0.3) is 0 Å². The molecule has 0 saturated carbocycles. The van der Waals surface area contributed by atoms with Crippen molar-refractivity contribution in [3.63, 3.8) is 0 Å². The van der Waals surface area contributed by atoms with Crippen molar-refractivity contribution >= 4 is 26.0 Å². The van der Waals surface area contributed by atoms with E-state index < -0.39 is 33.6 Å². The van der Waals surface area contributed by atoms with Gasteiger partial charge in [-0.15, -0.1) is 4.52 Å². The van der Waals surface area contributed by atoms with Crippen LogP contribution >= 0.6 is 15.4 Å². The Bertz CT molecular complexity index is 1660. The summed E-state index contributed by atoms with van der Waals surface area (Å²) in [5.41, 5.74) is 2.14. The van der Waals surface area contributed by atoms with Crippen LogP contribution in [0, 0.1) is 11.8 Å². The van der Waals surface area contributed by atoms with Crippen LogP contribution in [0.3, 0.4) is 0 Å². The SMILES string of the molecule is CCO[P+](=O)c1ccccc1.CC[C@H]1OC(O)[C@@H](OCc2ccccc2)[C@@H]1C.CC[C@H]1O[P@@](=O)(c2ccccc2)[C@H](O)[C@@H](OCc2ccccc2)[C@@H]1C.